The van der Waals surface area contributed by atoms with Crippen molar-refractivity contribution in [3.8, 4) is 0 Å². The number of carbonyl (C=O) groups is 1. The summed E-state index contributed by atoms with van der Waals surface area (Å²) in [5.41, 5.74) is 8.38. The van der Waals surface area contributed by atoms with Crippen molar-refractivity contribution in [1.82, 2.24) is 0 Å². The van der Waals surface area contributed by atoms with E-state index >= 15 is 0 Å². The van der Waals surface area contributed by atoms with E-state index in [1.54, 1.807) is 30.3 Å². The zero-order valence-corrected chi connectivity index (χ0v) is 12.5. The summed E-state index contributed by atoms with van der Waals surface area (Å²) in [6.45, 7) is 1.86. The molecule has 0 radical (unpaired) electrons. The maximum Gasteiger partial charge on any atom is 0.255 e. The first-order valence-corrected chi connectivity index (χ1v) is 6.77. The quantitative estimate of drug-likeness (QED) is 0.804. The first-order valence-electron chi connectivity index (χ1n) is 5.60. The second kappa shape index (κ2) is 5.63. The van der Waals surface area contributed by atoms with Crippen LogP contribution in [0.3, 0.4) is 0 Å². The van der Waals surface area contributed by atoms with Gasteiger partial charge in [-0.2, -0.15) is 0 Å². The Morgan fingerprint density at radius 2 is 2.00 bits per heavy atom. The minimum Gasteiger partial charge on any atom is -0.399 e. The smallest absolute Gasteiger partial charge is 0.255 e. The van der Waals surface area contributed by atoms with E-state index < -0.39 is 0 Å². The number of amides is 1. The third kappa shape index (κ3) is 3.28. The molecule has 1 amide bonds. The van der Waals surface area contributed by atoms with Crippen LogP contribution < -0.4 is 11.1 Å². The molecular weight excluding hydrogens is 328 g/mol. The molecule has 0 aliphatic carbocycles. The van der Waals surface area contributed by atoms with Crippen LogP contribution in [0.5, 0.6) is 0 Å². The SMILES string of the molecule is Cc1cc(C(=O)Nc2ccc(Br)cc2Cl)ccc1N. The number of anilines is 2. The fraction of sp³-hybridized carbons (Fsp3) is 0.0714. The normalized spacial score (nSPS) is 10.3. The predicted molar refractivity (Wildman–Crippen MR) is 82.7 cm³/mol. The summed E-state index contributed by atoms with van der Waals surface area (Å²) in [4.78, 5) is 12.1. The van der Waals surface area contributed by atoms with Crippen LogP contribution in [0.1, 0.15) is 15.9 Å². The van der Waals surface area contributed by atoms with Crippen molar-refractivity contribution in [2.24, 2.45) is 0 Å². The predicted octanol–water partition coefficient (Wildman–Crippen LogP) is 4.25. The third-order valence-electron chi connectivity index (χ3n) is 2.71. The fourth-order valence-electron chi connectivity index (χ4n) is 1.60. The largest absolute Gasteiger partial charge is 0.399 e. The van der Waals surface area contributed by atoms with Crippen molar-refractivity contribution >= 4 is 44.8 Å². The van der Waals surface area contributed by atoms with Gasteiger partial charge in [-0.05, 0) is 48.9 Å². The summed E-state index contributed by atoms with van der Waals surface area (Å²) >= 11 is 9.37. The van der Waals surface area contributed by atoms with Crippen LogP contribution in [-0.2, 0) is 0 Å². The highest BCUT2D eigenvalue weighted by molar-refractivity contribution is 9.10. The van der Waals surface area contributed by atoms with Gasteiger partial charge in [0.2, 0.25) is 0 Å². The lowest BCUT2D eigenvalue weighted by Crippen LogP contribution is -2.12. The van der Waals surface area contributed by atoms with E-state index in [9.17, 15) is 4.79 Å². The molecule has 0 bridgehead atoms. The van der Waals surface area contributed by atoms with Crippen molar-refractivity contribution in [1.29, 1.82) is 0 Å². The van der Waals surface area contributed by atoms with Crippen molar-refractivity contribution < 1.29 is 4.79 Å². The third-order valence-corrected chi connectivity index (χ3v) is 3.52. The molecule has 19 heavy (non-hydrogen) atoms. The molecule has 5 heteroatoms. The number of hydrogen-bond acceptors (Lipinski definition) is 2. The number of rotatable bonds is 2. The maximum atomic E-state index is 12.1. The average molecular weight is 340 g/mol. The molecule has 0 aliphatic heterocycles. The lowest BCUT2D eigenvalue weighted by Gasteiger charge is -2.09. The van der Waals surface area contributed by atoms with Crippen LogP contribution in [-0.4, -0.2) is 5.91 Å². The summed E-state index contributed by atoms with van der Waals surface area (Å²) in [6.07, 6.45) is 0. The Bertz CT molecular complexity index is 643. The molecule has 0 unspecified atom stereocenters. The highest BCUT2D eigenvalue weighted by atomic mass is 79.9. The highest BCUT2D eigenvalue weighted by Gasteiger charge is 2.09. The molecule has 0 aliphatic rings. The summed E-state index contributed by atoms with van der Waals surface area (Å²) < 4.78 is 0.860. The van der Waals surface area contributed by atoms with E-state index in [0.29, 0.717) is 22.0 Å². The van der Waals surface area contributed by atoms with Gasteiger partial charge in [-0.25, -0.2) is 0 Å². The Labute approximate surface area is 124 Å². The second-order valence-corrected chi connectivity index (χ2v) is 5.47. The number of aryl methyl sites for hydroxylation is 1. The highest BCUT2D eigenvalue weighted by Crippen LogP contribution is 2.26. The molecule has 0 heterocycles. The Morgan fingerprint density at radius 3 is 2.63 bits per heavy atom. The average Bonchev–Trinajstić information content (AvgIpc) is 2.36. The van der Waals surface area contributed by atoms with Gasteiger partial charge in [-0.1, -0.05) is 27.5 Å². The van der Waals surface area contributed by atoms with Gasteiger partial charge in [0.05, 0.1) is 10.7 Å². The zero-order valence-electron chi connectivity index (χ0n) is 10.2. The van der Waals surface area contributed by atoms with E-state index in [0.717, 1.165) is 10.0 Å². The summed E-state index contributed by atoms with van der Waals surface area (Å²) in [7, 11) is 0. The topological polar surface area (TPSA) is 55.1 Å². The van der Waals surface area contributed by atoms with Gasteiger partial charge in [0, 0.05) is 15.7 Å². The molecule has 98 valence electrons. The Balaban J connectivity index is 2.23. The number of benzene rings is 2. The second-order valence-electron chi connectivity index (χ2n) is 4.15. The van der Waals surface area contributed by atoms with Crippen LogP contribution >= 0.6 is 27.5 Å². The number of hydrogen-bond donors (Lipinski definition) is 2. The van der Waals surface area contributed by atoms with E-state index in [1.807, 2.05) is 13.0 Å². The van der Waals surface area contributed by atoms with Crippen LogP contribution in [0, 0.1) is 6.92 Å². The van der Waals surface area contributed by atoms with Gasteiger partial charge in [0.25, 0.3) is 5.91 Å². The molecule has 3 N–H and O–H groups in total. The zero-order chi connectivity index (χ0) is 14.0. The molecule has 2 aromatic rings. The molecule has 0 saturated carbocycles. The van der Waals surface area contributed by atoms with Crippen LogP contribution in [0.15, 0.2) is 40.9 Å². The first-order chi connectivity index (χ1) is 8.97. The molecule has 0 saturated heterocycles. The molecule has 0 atom stereocenters. The standard InChI is InChI=1S/C14H12BrClN2O/c1-8-6-9(2-4-12(8)17)14(19)18-13-5-3-10(15)7-11(13)16/h2-7H,17H2,1H3,(H,18,19). The van der Waals surface area contributed by atoms with Crippen molar-refractivity contribution in [2.45, 2.75) is 6.92 Å². The molecule has 0 spiro atoms. The first kappa shape index (κ1) is 13.9. The van der Waals surface area contributed by atoms with Gasteiger partial charge < -0.3 is 11.1 Å². The summed E-state index contributed by atoms with van der Waals surface area (Å²) in [5, 5.41) is 3.25. The van der Waals surface area contributed by atoms with E-state index in [4.69, 9.17) is 17.3 Å². The number of carbonyl (C=O) groups excluding carboxylic acids is 1. The number of nitrogens with two attached hydrogens (primary N) is 1. The minimum absolute atomic E-state index is 0.215. The molecule has 3 nitrogen and oxygen atoms in total. The molecule has 2 aromatic carbocycles. The van der Waals surface area contributed by atoms with Gasteiger partial charge in [-0.3, -0.25) is 4.79 Å². The maximum absolute atomic E-state index is 12.1. The Hall–Kier alpha value is -1.52. The van der Waals surface area contributed by atoms with Crippen LogP contribution in [0.4, 0.5) is 11.4 Å². The van der Waals surface area contributed by atoms with E-state index in [2.05, 4.69) is 21.2 Å². The van der Waals surface area contributed by atoms with E-state index in [-0.39, 0.29) is 5.91 Å². The fourth-order valence-corrected chi connectivity index (χ4v) is 2.32. The molecular formula is C14H12BrClN2O. The Morgan fingerprint density at radius 1 is 1.26 bits per heavy atom. The lowest BCUT2D eigenvalue weighted by atomic mass is 10.1. The summed E-state index contributed by atoms with van der Waals surface area (Å²) in [6, 6.07) is 10.4. The molecule has 2 rings (SSSR count). The number of nitrogen functional groups attached to an aromatic ring is 1. The van der Waals surface area contributed by atoms with Crippen LogP contribution in [0.2, 0.25) is 5.02 Å². The van der Waals surface area contributed by atoms with Crippen molar-refractivity contribution in [3.63, 3.8) is 0 Å². The van der Waals surface area contributed by atoms with Crippen molar-refractivity contribution in [3.05, 3.63) is 57.0 Å². The number of nitrogens with one attached hydrogen (secondary N) is 1. The van der Waals surface area contributed by atoms with Gasteiger partial charge in [-0.15, -0.1) is 0 Å². The Kier molecular flexibility index (Phi) is 4.12. The van der Waals surface area contributed by atoms with E-state index in [1.165, 1.54) is 0 Å². The van der Waals surface area contributed by atoms with Crippen LogP contribution in [0.25, 0.3) is 0 Å². The number of halogens is 2. The molecule has 0 fully saturated rings. The minimum atomic E-state index is -0.215. The lowest BCUT2D eigenvalue weighted by molar-refractivity contribution is 0.102. The molecule has 0 aromatic heterocycles. The van der Waals surface area contributed by atoms with Gasteiger partial charge >= 0.3 is 0 Å². The van der Waals surface area contributed by atoms with Gasteiger partial charge in [0.15, 0.2) is 0 Å². The monoisotopic (exact) mass is 338 g/mol. The van der Waals surface area contributed by atoms with Crippen molar-refractivity contribution in [2.75, 3.05) is 11.1 Å². The van der Waals surface area contributed by atoms with Gasteiger partial charge in [0.1, 0.15) is 0 Å². The summed E-state index contributed by atoms with van der Waals surface area (Å²) in [5.74, 6) is -0.215.